The Morgan fingerprint density at radius 1 is 1.00 bits per heavy atom. The van der Waals surface area contributed by atoms with Crippen molar-refractivity contribution in [3.05, 3.63) is 72.3 Å². The van der Waals surface area contributed by atoms with Gasteiger partial charge in [-0.2, -0.15) is 0 Å². The Labute approximate surface area is 181 Å². The van der Waals surface area contributed by atoms with Gasteiger partial charge in [-0.25, -0.2) is 8.42 Å². The van der Waals surface area contributed by atoms with Crippen LogP contribution < -0.4 is 14.8 Å². The number of anilines is 1. The van der Waals surface area contributed by atoms with Crippen molar-refractivity contribution in [2.45, 2.75) is 12.6 Å². The summed E-state index contributed by atoms with van der Waals surface area (Å²) in [6, 6.07) is 20.7. The molecule has 0 fully saturated rings. The second-order valence-corrected chi connectivity index (χ2v) is 9.43. The van der Waals surface area contributed by atoms with Crippen molar-refractivity contribution in [3.63, 3.8) is 0 Å². The van der Waals surface area contributed by atoms with E-state index < -0.39 is 15.7 Å². The molecule has 3 aromatic carbocycles. The number of aliphatic hydroxyl groups is 1. The lowest BCUT2D eigenvalue weighted by Gasteiger charge is -2.26. The Bertz CT molecular complexity index is 1330. The minimum atomic E-state index is -3.39. The van der Waals surface area contributed by atoms with Crippen LogP contribution in [-0.2, 0) is 15.7 Å². The number of aromatic amines is 1. The molecule has 4 aromatic rings. The molecule has 1 atom stereocenters. The van der Waals surface area contributed by atoms with Crippen LogP contribution in [0.2, 0.25) is 0 Å². The maximum Gasteiger partial charge on any atom is 0.229 e. The fourth-order valence-electron chi connectivity index (χ4n) is 3.59. The molecule has 4 rings (SSSR count). The van der Waals surface area contributed by atoms with E-state index in [1.165, 1.54) is 5.39 Å². The number of H-pyrrole nitrogens is 1. The number of ether oxygens (including phenoxy) is 1. The average Bonchev–Trinajstić information content (AvgIpc) is 3.08. The SMILES string of the molecule is C[C@](O)(NCCOc1ccc2c(c1)[nH]c1ccccc12)c1cccc(NS(C)(=O)=O)c1. The molecule has 1 heterocycles. The summed E-state index contributed by atoms with van der Waals surface area (Å²) < 4.78 is 31.1. The first-order chi connectivity index (χ1) is 14.7. The highest BCUT2D eigenvalue weighted by atomic mass is 32.2. The number of hydrogen-bond acceptors (Lipinski definition) is 5. The molecule has 4 N–H and O–H groups in total. The molecule has 0 aliphatic rings. The Hall–Kier alpha value is -3.07. The van der Waals surface area contributed by atoms with E-state index in [1.807, 2.05) is 36.4 Å². The Kier molecular flexibility index (Phi) is 5.62. The topological polar surface area (TPSA) is 103 Å². The number of benzene rings is 3. The predicted octanol–water partition coefficient (Wildman–Crippen LogP) is 3.53. The van der Waals surface area contributed by atoms with Crippen LogP contribution in [0.25, 0.3) is 21.8 Å². The van der Waals surface area contributed by atoms with Gasteiger partial charge in [-0.05, 0) is 37.3 Å². The van der Waals surface area contributed by atoms with Crippen LogP contribution in [-0.4, -0.2) is 37.9 Å². The van der Waals surface area contributed by atoms with Gasteiger partial charge in [0.2, 0.25) is 10.0 Å². The first-order valence-corrected chi connectivity index (χ1v) is 11.8. The highest BCUT2D eigenvalue weighted by Gasteiger charge is 2.22. The molecule has 162 valence electrons. The van der Waals surface area contributed by atoms with E-state index in [0.717, 1.165) is 28.4 Å². The van der Waals surface area contributed by atoms with Crippen LogP contribution in [0.15, 0.2) is 66.7 Å². The van der Waals surface area contributed by atoms with Gasteiger partial charge in [0.1, 0.15) is 18.1 Å². The van der Waals surface area contributed by atoms with Gasteiger partial charge in [0, 0.05) is 40.2 Å². The minimum absolute atomic E-state index is 0.350. The zero-order valence-electron chi connectivity index (χ0n) is 17.3. The average molecular weight is 440 g/mol. The number of rotatable bonds is 8. The quantitative estimate of drug-likeness (QED) is 0.248. The fourth-order valence-corrected chi connectivity index (χ4v) is 4.14. The van der Waals surface area contributed by atoms with Gasteiger partial charge in [-0.3, -0.25) is 10.0 Å². The highest BCUT2D eigenvalue weighted by Crippen LogP contribution is 2.28. The van der Waals surface area contributed by atoms with E-state index in [2.05, 4.69) is 21.1 Å². The first-order valence-electron chi connectivity index (χ1n) is 9.90. The maximum absolute atomic E-state index is 11.4. The van der Waals surface area contributed by atoms with E-state index in [-0.39, 0.29) is 0 Å². The third kappa shape index (κ3) is 4.99. The molecule has 8 heteroatoms. The van der Waals surface area contributed by atoms with E-state index >= 15 is 0 Å². The Morgan fingerprint density at radius 3 is 2.58 bits per heavy atom. The van der Waals surface area contributed by atoms with Crippen LogP contribution in [0.4, 0.5) is 5.69 Å². The van der Waals surface area contributed by atoms with Gasteiger partial charge < -0.3 is 14.8 Å². The molecule has 0 aliphatic heterocycles. The van der Waals surface area contributed by atoms with Crippen LogP contribution >= 0.6 is 0 Å². The lowest BCUT2D eigenvalue weighted by atomic mass is 10.0. The second-order valence-electron chi connectivity index (χ2n) is 7.68. The number of aromatic nitrogens is 1. The molecule has 0 spiro atoms. The summed E-state index contributed by atoms with van der Waals surface area (Å²) >= 11 is 0. The molecule has 7 nitrogen and oxygen atoms in total. The number of nitrogens with one attached hydrogen (secondary N) is 3. The van der Waals surface area contributed by atoms with Gasteiger partial charge in [0.25, 0.3) is 0 Å². The summed E-state index contributed by atoms with van der Waals surface area (Å²) in [4.78, 5) is 3.39. The normalized spacial score (nSPS) is 13.9. The minimum Gasteiger partial charge on any atom is -0.492 e. The molecule has 0 amide bonds. The standard InChI is InChI=1S/C23H25N3O4S/c1-23(27,16-6-5-7-17(14-16)26-31(2,28)29)24-12-13-30-18-10-11-20-19-8-3-4-9-21(19)25-22(20)15-18/h3-11,14-15,24-27H,12-13H2,1-2H3/t23-/m1/s1. The van der Waals surface area contributed by atoms with E-state index in [4.69, 9.17) is 4.74 Å². The molecule has 0 bridgehead atoms. The molecule has 0 saturated heterocycles. The van der Waals surface area contributed by atoms with Gasteiger partial charge in [0.15, 0.2) is 0 Å². The monoisotopic (exact) mass is 439 g/mol. The fraction of sp³-hybridized carbons (Fsp3) is 0.217. The van der Waals surface area contributed by atoms with Crippen molar-refractivity contribution in [2.24, 2.45) is 0 Å². The molecule has 0 unspecified atom stereocenters. The molecule has 0 saturated carbocycles. The largest absolute Gasteiger partial charge is 0.492 e. The summed E-state index contributed by atoms with van der Waals surface area (Å²) in [7, 11) is -3.39. The van der Waals surface area contributed by atoms with Crippen molar-refractivity contribution in [2.75, 3.05) is 24.1 Å². The van der Waals surface area contributed by atoms with Crippen molar-refractivity contribution in [1.82, 2.24) is 10.3 Å². The second kappa shape index (κ2) is 8.22. The summed E-state index contributed by atoms with van der Waals surface area (Å²) in [5.41, 5.74) is 1.68. The van der Waals surface area contributed by atoms with Crippen molar-refractivity contribution in [3.8, 4) is 5.75 Å². The number of fused-ring (bicyclic) bond motifs is 3. The van der Waals surface area contributed by atoms with Crippen LogP contribution in [0.5, 0.6) is 5.75 Å². The Morgan fingerprint density at radius 2 is 1.77 bits per heavy atom. The molecule has 31 heavy (non-hydrogen) atoms. The summed E-state index contributed by atoms with van der Waals surface area (Å²) in [6.07, 6.45) is 1.08. The Balaban J connectivity index is 1.37. The van der Waals surface area contributed by atoms with Crippen molar-refractivity contribution >= 4 is 37.5 Å². The van der Waals surface area contributed by atoms with E-state index in [1.54, 1.807) is 31.2 Å². The molecular formula is C23H25N3O4S. The van der Waals surface area contributed by atoms with Crippen LogP contribution in [0.1, 0.15) is 12.5 Å². The maximum atomic E-state index is 11.4. The lowest BCUT2D eigenvalue weighted by molar-refractivity contribution is 0.0170. The van der Waals surface area contributed by atoms with E-state index in [0.29, 0.717) is 24.4 Å². The lowest BCUT2D eigenvalue weighted by Crippen LogP contribution is -2.41. The number of para-hydroxylation sites is 1. The van der Waals surface area contributed by atoms with Gasteiger partial charge >= 0.3 is 0 Å². The smallest absolute Gasteiger partial charge is 0.229 e. The first kappa shape index (κ1) is 21.2. The van der Waals surface area contributed by atoms with Gasteiger partial charge in [-0.1, -0.05) is 30.3 Å². The third-order valence-corrected chi connectivity index (χ3v) is 5.65. The van der Waals surface area contributed by atoms with E-state index in [9.17, 15) is 13.5 Å². The summed E-state index contributed by atoms with van der Waals surface area (Å²) in [5.74, 6) is 0.736. The van der Waals surface area contributed by atoms with Gasteiger partial charge in [-0.15, -0.1) is 0 Å². The van der Waals surface area contributed by atoms with Crippen molar-refractivity contribution < 1.29 is 18.3 Å². The van der Waals surface area contributed by atoms with Crippen LogP contribution in [0, 0.1) is 0 Å². The zero-order chi connectivity index (χ0) is 22.1. The van der Waals surface area contributed by atoms with Crippen molar-refractivity contribution in [1.29, 1.82) is 0 Å². The molecule has 1 aromatic heterocycles. The number of hydrogen-bond donors (Lipinski definition) is 4. The predicted molar refractivity (Wildman–Crippen MR) is 124 cm³/mol. The third-order valence-electron chi connectivity index (χ3n) is 5.05. The number of sulfonamides is 1. The van der Waals surface area contributed by atoms with Gasteiger partial charge in [0.05, 0.1) is 11.8 Å². The highest BCUT2D eigenvalue weighted by molar-refractivity contribution is 7.92. The van der Waals surface area contributed by atoms with Crippen LogP contribution in [0.3, 0.4) is 0 Å². The molecular weight excluding hydrogens is 414 g/mol. The summed E-state index contributed by atoms with van der Waals surface area (Å²) in [6.45, 7) is 2.35. The molecule has 0 aliphatic carbocycles. The zero-order valence-corrected chi connectivity index (χ0v) is 18.2. The summed E-state index contributed by atoms with van der Waals surface area (Å²) in [5, 5.41) is 16.1. The molecule has 0 radical (unpaired) electrons.